The minimum absolute atomic E-state index is 0.0889. The van der Waals surface area contributed by atoms with Gasteiger partial charge in [-0.2, -0.15) is 0 Å². The summed E-state index contributed by atoms with van der Waals surface area (Å²) in [6.45, 7) is 4.47. The Hall–Kier alpha value is -4.93. The minimum atomic E-state index is -1.29. The molecule has 4 aromatic rings. The van der Waals surface area contributed by atoms with Crippen molar-refractivity contribution < 1.29 is 28.2 Å². The van der Waals surface area contributed by atoms with E-state index in [9.17, 15) is 18.4 Å². The van der Waals surface area contributed by atoms with Crippen LogP contribution in [0.25, 0.3) is 5.69 Å². The van der Waals surface area contributed by atoms with Gasteiger partial charge in [0.05, 0.1) is 5.54 Å². The number of carboxylic acid groups (broad SMARTS) is 1. The van der Waals surface area contributed by atoms with Crippen LogP contribution in [-0.2, 0) is 0 Å². The lowest BCUT2D eigenvalue weighted by Crippen LogP contribution is -2.41. The Morgan fingerprint density at radius 1 is 1.13 bits per heavy atom. The number of anilines is 2. The Balaban J connectivity index is 0.000000181. The molecule has 0 saturated carbocycles. The predicted octanol–water partition coefficient (Wildman–Crippen LogP) is 4.85. The van der Waals surface area contributed by atoms with Crippen molar-refractivity contribution in [1.82, 2.24) is 9.55 Å². The van der Waals surface area contributed by atoms with Gasteiger partial charge in [0.15, 0.2) is 23.1 Å². The smallest absolute Gasteiger partial charge is 0.341 e. The van der Waals surface area contributed by atoms with Gasteiger partial charge >= 0.3 is 5.97 Å². The molecule has 1 aliphatic heterocycles. The number of aromatic carboxylic acids is 1. The summed E-state index contributed by atoms with van der Waals surface area (Å²) >= 11 is 0. The van der Waals surface area contributed by atoms with E-state index in [-0.39, 0.29) is 16.9 Å². The molecule has 1 aliphatic rings. The number of pyridine rings is 2. The van der Waals surface area contributed by atoms with Gasteiger partial charge in [-0.1, -0.05) is 0 Å². The van der Waals surface area contributed by atoms with Crippen molar-refractivity contribution in [3.05, 3.63) is 101 Å². The Labute approximate surface area is 216 Å². The van der Waals surface area contributed by atoms with Crippen molar-refractivity contribution in [2.45, 2.75) is 19.4 Å². The summed E-state index contributed by atoms with van der Waals surface area (Å²) in [7, 11) is 0. The predicted molar refractivity (Wildman–Crippen MR) is 137 cm³/mol. The molecule has 0 aliphatic carbocycles. The molecule has 38 heavy (non-hydrogen) atoms. The van der Waals surface area contributed by atoms with E-state index in [0.29, 0.717) is 35.3 Å². The molecule has 0 fully saturated rings. The number of ether oxygens (including phenoxy) is 2. The summed E-state index contributed by atoms with van der Waals surface area (Å²) in [5.41, 5.74) is 5.10. The van der Waals surface area contributed by atoms with Gasteiger partial charge in [-0.3, -0.25) is 9.36 Å². The molecule has 0 bridgehead atoms. The van der Waals surface area contributed by atoms with Crippen LogP contribution in [-0.4, -0.2) is 32.8 Å². The van der Waals surface area contributed by atoms with Crippen molar-refractivity contribution in [2.75, 3.05) is 17.7 Å². The Morgan fingerprint density at radius 3 is 2.55 bits per heavy atom. The summed E-state index contributed by atoms with van der Waals surface area (Å²) in [5.74, 6) is -0.669. The standard InChI is InChI=1S/C15H16FN3O2.C12H8FNO3/c1-15(2)8-20-13-12(5-6-18-14(13)19-15)21-11-4-3-9(17)7-10(11)16;13-8-3-5-9(6-4-8)14-7-1-2-10(11(14)15)12(16)17/h3-7H,8,17H2,1-2H3,(H,18,19);1-7H,(H,16,17). The van der Waals surface area contributed by atoms with Crippen LogP contribution in [0.15, 0.2) is 77.9 Å². The van der Waals surface area contributed by atoms with Crippen LogP contribution in [0.5, 0.6) is 17.2 Å². The van der Waals surface area contributed by atoms with Crippen molar-refractivity contribution >= 4 is 17.5 Å². The number of hydrogen-bond acceptors (Lipinski definition) is 7. The number of nitrogens with one attached hydrogen (secondary N) is 1. The van der Waals surface area contributed by atoms with E-state index in [1.54, 1.807) is 18.3 Å². The first kappa shape index (κ1) is 26.1. The summed E-state index contributed by atoms with van der Waals surface area (Å²) in [6.07, 6.45) is 3.02. The highest BCUT2D eigenvalue weighted by atomic mass is 19.1. The zero-order chi connectivity index (χ0) is 27.4. The first-order valence-corrected chi connectivity index (χ1v) is 11.4. The third-order valence-electron chi connectivity index (χ3n) is 5.36. The maximum Gasteiger partial charge on any atom is 0.341 e. The highest BCUT2D eigenvalue weighted by Crippen LogP contribution is 2.41. The second-order valence-corrected chi connectivity index (χ2v) is 8.95. The van der Waals surface area contributed by atoms with E-state index in [1.807, 2.05) is 13.8 Å². The molecule has 0 unspecified atom stereocenters. The van der Waals surface area contributed by atoms with Crippen LogP contribution >= 0.6 is 0 Å². The number of nitrogens with zero attached hydrogens (tertiary/aromatic N) is 2. The number of halogens is 2. The van der Waals surface area contributed by atoms with Gasteiger partial charge in [0.25, 0.3) is 5.56 Å². The summed E-state index contributed by atoms with van der Waals surface area (Å²) < 4.78 is 39.0. The second kappa shape index (κ2) is 10.6. The fourth-order valence-electron chi connectivity index (χ4n) is 3.53. The quantitative estimate of drug-likeness (QED) is 0.325. The van der Waals surface area contributed by atoms with Gasteiger partial charge < -0.3 is 25.6 Å². The van der Waals surface area contributed by atoms with Crippen LogP contribution < -0.4 is 26.1 Å². The molecule has 5 rings (SSSR count). The van der Waals surface area contributed by atoms with E-state index >= 15 is 0 Å². The lowest BCUT2D eigenvalue weighted by molar-refractivity contribution is 0.0694. The Morgan fingerprint density at radius 2 is 1.87 bits per heavy atom. The Bertz CT molecular complexity index is 1540. The van der Waals surface area contributed by atoms with E-state index in [1.165, 1.54) is 54.7 Å². The third-order valence-corrected chi connectivity index (χ3v) is 5.36. The molecular weight excluding hydrogens is 498 g/mol. The van der Waals surface area contributed by atoms with Gasteiger partial charge in [-0.15, -0.1) is 0 Å². The molecule has 0 saturated heterocycles. The highest BCUT2D eigenvalue weighted by Gasteiger charge is 2.29. The number of hydrogen-bond donors (Lipinski definition) is 3. The fraction of sp³-hybridized carbons (Fsp3) is 0.148. The topological polar surface area (TPSA) is 129 Å². The van der Waals surface area contributed by atoms with E-state index in [0.717, 1.165) is 4.57 Å². The van der Waals surface area contributed by atoms with Crippen LogP contribution in [0.1, 0.15) is 24.2 Å². The van der Waals surface area contributed by atoms with Crippen molar-refractivity contribution in [1.29, 1.82) is 0 Å². The van der Waals surface area contributed by atoms with Crippen LogP contribution in [0, 0.1) is 11.6 Å². The normalized spacial score (nSPS) is 13.2. The summed E-state index contributed by atoms with van der Waals surface area (Å²) in [6, 6.07) is 13.8. The molecule has 9 nitrogen and oxygen atoms in total. The molecule has 196 valence electrons. The molecule has 3 heterocycles. The van der Waals surface area contributed by atoms with Gasteiger partial charge in [0, 0.05) is 35.9 Å². The molecule has 0 amide bonds. The molecule has 11 heteroatoms. The number of benzene rings is 2. The zero-order valence-electron chi connectivity index (χ0n) is 20.4. The van der Waals surface area contributed by atoms with Crippen molar-refractivity contribution in [3.63, 3.8) is 0 Å². The van der Waals surface area contributed by atoms with E-state index in [2.05, 4.69) is 10.3 Å². The van der Waals surface area contributed by atoms with Crippen LogP contribution in [0.4, 0.5) is 20.3 Å². The number of carboxylic acids is 1. The molecule has 0 spiro atoms. The monoisotopic (exact) mass is 522 g/mol. The maximum atomic E-state index is 13.8. The SMILES string of the molecule is CC1(C)COc2c(Oc3ccc(N)cc3F)ccnc2N1.O=C(O)c1cccn(-c2ccc(F)cc2)c1=O. The molecule has 2 aromatic carbocycles. The average molecular weight is 523 g/mol. The van der Waals surface area contributed by atoms with E-state index in [4.69, 9.17) is 20.3 Å². The number of aromatic nitrogens is 2. The van der Waals surface area contributed by atoms with Gasteiger partial charge in [0.1, 0.15) is 18.0 Å². The number of fused-ring (bicyclic) bond motifs is 1. The maximum absolute atomic E-state index is 13.8. The number of rotatable bonds is 4. The first-order chi connectivity index (χ1) is 18.0. The van der Waals surface area contributed by atoms with Gasteiger partial charge in [-0.25, -0.2) is 18.6 Å². The van der Waals surface area contributed by atoms with E-state index < -0.39 is 23.2 Å². The Kier molecular flexibility index (Phi) is 7.28. The number of nitrogen functional groups attached to an aromatic ring is 1. The van der Waals surface area contributed by atoms with Crippen molar-refractivity contribution in [3.8, 4) is 22.9 Å². The average Bonchev–Trinajstić information content (AvgIpc) is 2.86. The number of nitrogens with two attached hydrogens (primary N) is 1. The molecule has 2 aromatic heterocycles. The minimum Gasteiger partial charge on any atom is -0.484 e. The molecule has 0 atom stereocenters. The molecule has 0 radical (unpaired) electrons. The molecular formula is C27H24F2N4O5. The van der Waals surface area contributed by atoms with Crippen LogP contribution in [0.3, 0.4) is 0 Å². The van der Waals surface area contributed by atoms with Gasteiger partial charge in [-0.05, 0) is 62.4 Å². The lowest BCUT2D eigenvalue weighted by Gasteiger charge is -2.33. The summed E-state index contributed by atoms with van der Waals surface area (Å²) in [4.78, 5) is 26.8. The summed E-state index contributed by atoms with van der Waals surface area (Å²) in [5, 5.41) is 12.1. The lowest BCUT2D eigenvalue weighted by atomic mass is 10.1. The first-order valence-electron chi connectivity index (χ1n) is 11.4. The third kappa shape index (κ3) is 5.89. The second-order valence-electron chi connectivity index (χ2n) is 8.95. The zero-order valence-corrected chi connectivity index (χ0v) is 20.4. The highest BCUT2D eigenvalue weighted by molar-refractivity contribution is 5.87. The molecule has 4 N–H and O–H groups in total. The fourth-order valence-corrected chi connectivity index (χ4v) is 3.53. The largest absolute Gasteiger partial charge is 0.484 e. The van der Waals surface area contributed by atoms with Gasteiger partial charge in [0.2, 0.25) is 5.75 Å². The number of carbonyl (C=O) groups is 1. The van der Waals surface area contributed by atoms with Crippen LogP contribution in [0.2, 0.25) is 0 Å². The van der Waals surface area contributed by atoms with Crippen molar-refractivity contribution in [2.24, 2.45) is 0 Å².